The minimum atomic E-state index is -0.868. The Balaban J connectivity index is 1.82. The molecule has 0 aliphatic heterocycles. The topological polar surface area (TPSA) is 78.4 Å². The van der Waals surface area contributed by atoms with Crippen LogP contribution in [0, 0.1) is 5.92 Å². The first-order valence-electron chi connectivity index (χ1n) is 6.19. The molecule has 1 aliphatic carbocycles. The number of carbonyl (C=O) groups is 2. The first-order chi connectivity index (χ1) is 9.45. The highest BCUT2D eigenvalue weighted by atomic mass is 35.5. The van der Waals surface area contributed by atoms with Crippen molar-refractivity contribution in [2.75, 3.05) is 0 Å². The van der Waals surface area contributed by atoms with E-state index in [4.69, 9.17) is 16.7 Å². The molecule has 1 aliphatic rings. The highest BCUT2D eigenvalue weighted by Gasteiger charge is 2.25. The molecule has 0 fully saturated rings. The first kappa shape index (κ1) is 14.9. The smallest absolute Gasteiger partial charge is 0.315 e. The lowest BCUT2D eigenvalue weighted by molar-refractivity contribution is -0.140. The zero-order valence-electron chi connectivity index (χ0n) is 10.8. The molecule has 0 saturated heterocycles. The Labute approximate surface area is 125 Å². The Morgan fingerprint density at radius 3 is 2.75 bits per heavy atom. The van der Waals surface area contributed by atoms with Gasteiger partial charge in [0.15, 0.2) is 0 Å². The van der Waals surface area contributed by atoms with E-state index in [0.717, 1.165) is 4.88 Å². The molecule has 3 N–H and O–H groups in total. The molecule has 7 heteroatoms. The Morgan fingerprint density at radius 2 is 2.20 bits per heavy atom. The summed E-state index contributed by atoms with van der Waals surface area (Å²) in [4.78, 5) is 23.6. The molecule has 108 valence electrons. The molecule has 20 heavy (non-hydrogen) atoms. The summed E-state index contributed by atoms with van der Waals surface area (Å²) in [5.74, 6) is -1.39. The molecular weight excluding hydrogens is 300 g/mol. The molecule has 1 aromatic heterocycles. The van der Waals surface area contributed by atoms with Crippen molar-refractivity contribution < 1.29 is 14.7 Å². The van der Waals surface area contributed by atoms with Crippen LogP contribution in [0.15, 0.2) is 24.3 Å². The number of carboxylic acids is 1. The largest absolute Gasteiger partial charge is 0.481 e. The second-order valence-electron chi connectivity index (χ2n) is 4.65. The Hall–Kier alpha value is -1.53. The summed E-state index contributed by atoms with van der Waals surface area (Å²) in [6, 6.07) is 2.95. The Morgan fingerprint density at radius 1 is 1.45 bits per heavy atom. The number of hydrogen-bond acceptors (Lipinski definition) is 3. The van der Waals surface area contributed by atoms with Crippen molar-refractivity contribution in [1.82, 2.24) is 10.6 Å². The minimum absolute atomic E-state index is 0.145. The van der Waals surface area contributed by atoms with Gasteiger partial charge in [-0.3, -0.25) is 4.79 Å². The van der Waals surface area contributed by atoms with Crippen LogP contribution < -0.4 is 10.6 Å². The van der Waals surface area contributed by atoms with Crippen molar-refractivity contribution in [1.29, 1.82) is 0 Å². The molecule has 2 rings (SSSR count). The molecule has 0 radical (unpaired) electrons. The van der Waals surface area contributed by atoms with Gasteiger partial charge in [-0.1, -0.05) is 23.8 Å². The van der Waals surface area contributed by atoms with Gasteiger partial charge in [0, 0.05) is 4.88 Å². The van der Waals surface area contributed by atoms with E-state index in [1.54, 1.807) is 18.2 Å². The lowest BCUT2D eigenvalue weighted by Crippen LogP contribution is -2.41. The molecule has 0 saturated carbocycles. The highest BCUT2D eigenvalue weighted by Crippen LogP contribution is 2.26. The van der Waals surface area contributed by atoms with Gasteiger partial charge in [-0.15, -0.1) is 11.3 Å². The highest BCUT2D eigenvalue weighted by molar-refractivity contribution is 7.16. The standard InChI is InChI=1S/C13H15ClN2O3S/c1-7(10-4-5-11(14)20-10)15-13(19)16-9-3-2-8(6-9)12(17)18/h2-5,7-9H,6H2,1H3,(H,17,18)(H2,15,16,19). The van der Waals surface area contributed by atoms with Crippen molar-refractivity contribution in [2.24, 2.45) is 5.92 Å². The van der Waals surface area contributed by atoms with E-state index in [9.17, 15) is 9.59 Å². The third-order valence-corrected chi connectivity index (χ3v) is 4.50. The van der Waals surface area contributed by atoms with Gasteiger partial charge in [0.2, 0.25) is 0 Å². The summed E-state index contributed by atoms with van der Waals surface area (Å²) in [7, 11) is 0. The lowest BCUT2D eigenvalue weighted by Gasteiger charge is -2.16. The fourth-order valence-electron chi connectivity index (χ4n) is 2.03. The van der Waals surface area contributed by atoms with E-state index in [-0.39, 0.29) is 18.1 Å². The molecule has 3 unspecified atom stereocenters. The van der Waals surface area contributed by atoms with Crippen LogP contribution >= 0.6 is 22.9 Å². The van der Waals surface area contributed by atoms with Crippen LogP contribution in [0.25, 0.3) is 0 Å². The number of carbonyl (C=O) groups excluding carboxylic acids is 1. The minimum Gasteiger partial charge on any atom is -0.481 e. The fourth-order valence-corrected chi connectivity index (χ4v) is 3.09. The maximum absolute atomic E-state index is 11.8. The monoisotopic (exact) mass is 314 g/mol. The summed E-state index contributed by atoms with van der Waals surface area (Å²) in [5, 5.41) is 14.4. The predicted octanol–water partition coefficient (Wildman–Crippen LogP) is 2.79. The number of aliphatic carboxylic acids is 1. The second-order valence-corrected chi connectivity index (χ2v) is 6.40. The fraction of sp³-hybridized carbons (Fsp3) is 0.385. The van der Waals surface area contributed by atoms with Crippen LogP contribution in [-0.2, 0) is 4.79 Å². The first-order valence-corrected chi connectivity index (χ1v) is 7.38. The third-order valence-electron chi connectivity index (χ3n) is 3.09. The van der Waals surface area contributed by atoms with Crippen molar-refractivity contribution in [3.8, 4) is 0 Å². The summed E-state index contributed by atoms with van der Waals surface area (Å²) in [5.41, 5.74) is 0. The van der Waals surface area contributed by atoms with Crippen LogP contribution in [-0.4, -0.2) is 23.1 Å². The number of hydrogen-bond donors (Lipinski definition) is 3. The molecule has 0 aromatic carbocycles. The maximum Gasteiger partial charge on any atom is 0.315 e. The zero-order chi connectivity index (χ0) is 14.7. The zero-order valence-corrected chi connectivity index (χ0v) is 12.4. The van der Waals surface area contributed by atoms with Gasteiger partial charge in [-0.05, 0) is 25.5 Å². The van der Waals surface area contributed by atoms with Gasteiger partial charge < -0.3 is 15.7 Å². The molecule has 0 spiro atoms. The number of thiophene rings is 1. The summed E-state index contributed by atoms with van der Waals surface area (Å²) in [6.45, 7) is 1.87. The van der Waals surface area contributed by atoms with Crippen molar-refractivity contribution in [3.63, 3.8) is 0 Å². The van der Waals surface area contributed by atoms with Gasteiger partial charge in [-0.2, -0.15) is 0 Å². The van der Waals surface area contributed by atoms with Crippen LogP contribution in [0.1, 0.15) is 24.3 Å². The maximum atomic E-state index is 11.8. The van der Waals surface area contributed by atoms with Crippen LogP contribution in [0.2, 0.25) is 4.34 Å². The number of nitrogens with one attached hydrogen (secondary N) is 2. The van der Waals surface area contributed by atoms with Crippen LogP contribution in [0.3, 0.4) is 0 Å². The molecule has 1 heterocycles. The number of carboxylic acid groups (broad SMARTS) is 1. The molecule has 0 bridgehead atoms. The van der Waals surface area contributed by atoms with Gasteiger partial charge >= 0.3 is 12.0 Å². The number of halogens is 1. The number of rotatable bonds is 4. The lowest BCUT2D eigenvalue weighted by atomic mass is 10.1. The SMILES string of the molecule is CC(NC(=O)NC1C=CC(C(=O)O)C1)c1ccc(Cl)s1. The van der Waals surface area contributed by atoms with E-state index >= 15 is 0 Å². The van der Waals surface area contributed by atoms with Crippen LogP contribution in [0.5, 0.6) is 0 Å². The number of amides is 2. The average molecular weight is 315 g/mol. The summed E-state index contributed by atoms with van der Waals surface area (Å²) >= 11 is 7.27. The van der Waals surface area contributed by atoms with Gasteiger partial charge in [-0.25, -0.2) is 4.79 Å². The van der Waals surface area contributed by atoms with Gasteiger partial charge in [0.1, 0.15) is 0 Å². The van der Waals surface area contributed by atoms with Gasteiger partial charge in [0.05, 0.1) is 22.3 Å². The van der Waals surface area contributed by atoms with Crippen molar-refractivity contribution in [3.05, 3.63) is 33.5 Å². The van der Waals surface area contributed by atoms with Crippen molar-refractivity contribution in [2.45, 2.75) is 25.4 Å². The van der Waals surface area contributed by atoms with Crippen molar-refractivity contribution >= 4 is 34.9 Å². The molecular formula is C13H15ClN2O3S. The van der Waals surface area contributed by atoms with E-state index in [0.29, 0.717) is 10.8 Å². The van der Waals surface area contributed by atoms with E-state index in [1.165, 1.54) is 11.3 Å². The molecule has 3 atom stereocenters. The van der Waals surface area contributed by atoms with E-state index < -0.39 is 11.9 Å². The molecule has 1 aromatic rings. The van der Waals surface area contributed by atoms with E-state index in [1.807, 2.05) is 13.0 Å². The quantitative estimate of drug-likeness (QED) is 0.748. The normalized spacial score (nSPS) is 22.5. The molecule has 2 amide bonds. The van der Waals surface area contributed by atoms with E-state index in [2.05, 4.69) is 10.6 Å². The second kappa shape index (κ2) is 6.28. The summed E-state index contributed by atoms with van der Waals surface area (Å²) < 4.78 is 0.678. The predicted molar refractivity (Wildman–Crippen MR) is 78.1 cm³/mol. The summed E-state index contributed by atoms with van der Waals surface area (Å²) in [6.07, 6.45) is 3.71. The third kappa shape index (κ3) is 3.74. The van der Waals surface area contributed by atoms with Crippen LogP contribution in [0.4, 0.5) is 4.79 Å². The number of urea groups is 1. The average Bonchev–Trinajstić information content (AvgIpc) is 2.98. The molecule has 5 nitrogen and oxygen atoms in total. The Bertz CT molecular complexity index is 543. The Kier molecular flexibility index (Phi) is 4.67. The van der Waals surface area contributed by atoms with Gasteiger partial charge in [0.25, 0.3) is 0 Å².